The van der Waals surface area contributed by atoms with Crippen molar-refractivity contribution in [1.82, 2.24) is 14.6 Å². The molecule has 1 aromatic carbocycles. The molecule has 0 spiro atoms. The average molecular weight is 499 g/mol. The lowest BCUT2D eigenvalue weighted by molar-refractivity contribution is -0.136. The molecular formula is C20H20ClFN4O4S2. The van der Waals surface area contributed by atoms with Crippen LogP contribution in [-0.2, 0) is 19.6 Å². The monoisotopic (exact) mass is 498 g/mol. The zero-order valence-electron chi connectivity index (χ0n) is 17.2. The molecule has 32 heavy (non-hydrogen) atoms. The van der Waals surface area contributed by atoms with Crippen LogP contribution in [-0.4, -0.2) is 55.6 Å². The van der Waals surface area contributed by atoms with E-state index in [1.165, 1.54) is 30.6 Å². The van der Waals surface area contributed by atoms with E-state index in [0.717, 1.165) is 0 Å². The number of amidine groups is 1. The maximum Gasteiger partial charge on any atom is 0.338 e. The second-order valence-corrected chi connectivity index (χ2v) is 10.5. The van der Waals surface area contributed by atoms with E-state index in [-0.39, 0.29) is 29.3 Å². The van der Waals surface area contributed by atoms with Crippen molar-refractivity contribution in [2.75, 3.05) is 19.4 Å². The van der Waals surface area contributed by atoms with Crippen molar-refractivity contribution in [3.05, 3.63) is 62.5 Å². The Hall–Kier alpha value is -2.34. The first-order valence-corrected chi connectivity index (χ1v) is 12.7. The highest BCUT2D eigenvalue weighted by Crippen LogP contribution is 2.42. The second kappa shape index (κ2) is 8.89. The van der Waals surface area contributed by atoms with Gasteiger partial charge in [-0.3, -0.25) is 4.99 Å². The van der Waals surface area contributed by atoms with E-state index < -0.39 is 33.9 Å². The maximum absolute atomic E-state index is 14.3. The summed E-state index contributed by atoms with van der Waals surface area (Å²) in [4.78, 5) is 23.7. The number of carbonyl (C=O) groups is 1. The minimum atomic E-state index is -3.48. The van der Waals surface area contributed by atoms with E-state index in [9.17, 15) is 17.6 Å². The first-order valence-electron chi connectivity index (χ1n) is 9.76. The molecular weight excluding hydrogens is 479 g/mol. The van der Waals surface area contributed by atoms with Gasteiger partial charge in [-0.05, 0) is 13.0 Å². The van der Waals surface area contributed by atoms with Crippen LogP contribution in [0.2, 0.25) is 5.02 Å². The van der Waals surface area contributed by atoms with Crippen molar-refractivity contribution in [2.24, 2.45) is 4.99 Å². The average Bonchev–Trinajstić information content (AvgIpc) is 3.44. The fraction of sp³-hybridized carbons (Fsp3) is 0.350. The van der Waals surface area contributed by atoms with Crippen LogP contribution in [0, 0.1) is 5.82 Å². The van der Waals surface area contributed by atoms with Crippen LogP contribution in [0.5, 0.6) is 0 Å². The predicted octanol–water partition coefficient (Wildman–Crippen LogP) is 2.88. The molecule has 170 valence electrons. The number of sulfonamides is 1. The number of ether oxygens (including phenoxy) is 1. The van der Waals surface area contributed by atoms with Crippen molar-refractivity contribution >= 4 is 44.8 Å². The number of benzene rings is 1. The third kappa shape index (κ3) is 4.17. The lowest BCUT2D eigenvalue weighted by atomic mass is 9.94. The van der Waals surface area contributed by atoms with Gasteiger partial charge in [-0.1, -0.05) is 23.7 Å². The Kier molecular flexibility index (Phi) is 6.35. The fourth-order valence-corrected chi connectivity index (χ4v) is 5.54. The summed E-state index contributed by atoms with van der Waals surface area (Å²) in [5.74, 6) is -0.879. The second-order valence-electron chi connectivity index (χ2n) is 7.22. The van der Waals surface area contributed by atoms with Gasteiger partial charge in [-0.15, -0.1) is 11.3 Å². The van der Waals surface area contributed by atoms with Crippen LogP contribution in [0.4, 0.5) is 4.39 Å². The number of nitrogens with zero attached hydrogens (tertiary/aromatic N) is 3. The summed E-state index contributed by atoms with van der Waals surface area (Å²) in [5, 5.41) is 2.23. The summed E-state index contributed by atoms with van der Waals surface area (Å²) in [6.45, 7) is 1.81. The molecule has 1 saturated heterocycles. The Bertz CT molecular complexity index is 1210. The number of hydrogen-bond donors (Lipinski definition) is 1. The Morgan fingerprint density at radius 3 is 2.88 bits per heavy atom. The zero-order chi connectivity index (χ0) is 23.0. The van der Waals surface area contributed by atoms with Crippen LogP contribution in [0.1, 0.15) is 30.0 Å². The summed E-state index contributed by atoms with van der Waals surface area (Å²) in [7, 11) is -2.23. The number of rotatable bonds is 6. The normalized spacial score (nSPS) is 20.9. The molecule has 1 aromatic heterocycles. The van der Waals surface area contributed by atoms with Crippen LogP contribution in [0.15, 0.2) is 46.0 Å². The standard InChI is InChI=1S/C20H20ClFN4O4S2/c1-3-32(28,29)25-11-9-14-15(20(27)30-2)17(12-5-4-6-13(22)16(12)21)24-18(26(14)10-11)19-23-7-8-31-19/h4-8,11,17,25H,3,9-10H2,1-2H3/t11-,17-/m0/s1. The topological polar surface area (TPSA) is 101 Å². The highest BCUT2D eigenvalue weighted by Gasteiger charge is 2.43. The molecule has 0 aliphatic carbocycles. The van der Waals surface area contributed by atoms with Gasteiger partial charge >= 0.3 is 5.97 Å². The van der Waals surface area contributed by atoms with Crippen molar-refractivity contribution in [3.63, 3.8) is 0 Å². The van der Waals surface area contributed by atoms with E-state index in [1.54, 1.807) is 29.5 Å². The molecule has 0 unspecified atom stereocenters. The van der Waals surface area contributed by atoms with E-state index in [4.69, 9.17) is 21.3 Å². The molecule has 12 heteroatoms. The summed E-state index contributed by atoms with van der Waals surface area (Å²) >= 11 is 7.60. The first kappa shape index (κ1) is 22.8. The molecule has 2 aromatic rings. The SMILES string of the molecule is CCS(=O)(=O)N[C@H]1CC2=C(C(=O)OC)[C@H](c3cccc(F)c3Cl)N=C(c3nccs3)N2C1. The molecule has 0 bridgehead atoms. The highest BCUT2D eigenvalue weighted by molar-refractivity contribution is 7.89. The number of carbonyl (C=O) groups excluding carboxylic acids is 1. The molecule has 0 amide bonds. The number of thiazole rings is 1. The Balaban J connectivity index is 1.89. The fourth-order valence-electron chi connectivity index (χ4n) is 3.84. The molecule has 0 radical (unpaired) electrons. The van der Waals surface area contributed by atoms with E-state index >= 15 is 0 Å². The van der Waals surface area contributed by atoms with Gasteiger partial charge in [-0.25, -0.2) is 27.3 Å². The van der Waals surface area contributed by atoms with Gasteiger partial charge in [0.05, 0.1) is 23.5 Å². The lowest BCUT2D eigenvalue weighted by Crippen LogP contribution is -2.40. The Morgan fingerprint density at radius 1 is 1.44 bits per heavy atom. The van der Waals surface area contributed by atoms with Gasteiger partial charge < -0.3 is 9.64 Å². The van der Waals surface area contributed by atoms with Crippen molar-refractivity contribution in [1.29, 1.82) is 0 Å². The van der Waals surface area contributed by atoms with Crippen LogP contribution >= 0.6 is 22.9 Å². The summed E-state index contributed by atoms with van der Waals surface area (Å²) in [5.41, 5.74) is 1.05. The number of nitrogens with one attached hydrogen (secondary N) is 1. The number of esters is 1. The first-order chi connectivity index (χ1) is 15.3. The molecule has 2 aliphatic heterocycles. The van der Waals surface area contributed by atoms with Gasteiger partial charge in [0.25, 0.3) is 0 Å². The quantitative estimate of drug-likeness (QED) is 0.614. The summed E-state index contributed by atoms with van der Waals surface area (Å²) in [6.07, 6.45) is 1.86. The number of halogens is 2. The third-order valence-corrected chi connectivity index (χ3v) is 7.91. The predicted molar refractivity (Wildman–Crippen MR) is 120 cm³/mol. The number of fused-ring (bicyclic) bond motifs is 1. The van der Waals surface area contributed by atoms with Gasteiger partial charge in [0.1, 0.15) is 11.9 Å². The minimum absolute atomic E-state index is 0.0681. The van der Waals surface area contributed by atoms with Crippen LogP contribution in [0.3, 0.4) is 0 Å². The third-order valence-electron chi connectivity index (χ3n) is 5.29. The van der Waals surface area contributed by atoms with Gasteiger partial charge in [0.2, 0.25) is 10.0 Å². The smallest absolute Gasteiger partial charge is 0.338 e. The van der Waals surface area contributed by atoms with Gasteiger partial charge in [0.15, 0.2) is 10.8 Å². The lowest BCUT2D eigenvalue weighted by Gasteiger charge is -2.31. The molecule has 1 fully saturated rings. The molecule has 8 nitrogen and oxygen atoms in total. The maximum atomic E-state index is 14.3. The van der Waals surface area contributed by atoms with Gasteiger partial charge in [0, 0.05) is 41.8 Å². The van der Waals surface area contributed by atoms with E-state index in [1.807, 2.05) is 0 Å². The summed E-state index contributed by atoms with van der Waals surface area (Å²) < 4.78 is 46.3. The molecule has 2 atom stereocenters. The number of aromatic nitrogens is 1. The van der Waals surface area contributed by atoms with Crippen LogP contribution in [0.25, 0.3) is 0 Å². The summed E-state index contributed by atoms with van der Waals surface area (Å²) in [6, 6.07) is 2.90. The van der Waals surface area contributed by atoms with Crippen molar-refractivity contribution in [2.45, 2.75) is 25.4 Å². The molecule has 2 aliphatic rings. The van der Waals surface area contributed by atoms with Gasteiger partial charge in [-0.2, -0.15) is 0 Å². The van der Waals surface area contributed by atoms with Crippen molar-refractivity contribution < 1.29 is 22.3 Å². The van der Waals surface area contributed by atoms with Crippen molar-refractivity contribution in [3.8, 4) is 0 Å². The molecule has 3 heterocycles. The molecule has 4 rings (SSSR count). The minimum Gasteiger partial charge on any atom is -0.466 e. The van der Waals surface area contributed by atoms with Crippen LogP contribution < -0.4 is 4.72 Å². The Morgan fingerprint density at radius 2 is 2.22 bits per heavy atom. The molecule has 0 saturated carbocycles. The number of methoxy groups -OCH3 is 1. The largest absolute Gasteiger partial charge is 0.466 e. The zero-order valence-corrected chi connectivity index (χ0v) is 19.6. The van der Waals surface area contributed by atoms with E-state index in [2.05, 4.69) is 9.71 Å². The Labute approximate surface area is 193 Å². The van der Waals surface area contributed by atoms with E-state index in [0.29, 0.717) is 22.1 Å². The number of aliphatic imine (C=N–C) groups is 1. The number of hydrogen-bond acceptors (Lipinski definition) is 8. The molecule has 1 N–H and O–H groups in total. The highest BCUT2D eigenvalue weighted by atomic mass is 35.5.